The quantitative estimate of drug-likeness (QED) is 0.708. The number of amides is 2. The average molecular weight is 485 g/mol. The third-order valence-electron chi connectivity index (χ3n) is 8.29. The molecule has 2 saturated carbocycles. The van der Waals surface area contributed by atoms with Crippen LogP contribution in [0.3, 0.4) is 0 Å². The van der Waals surface area contributed by atoms with Crippen molar-refractivity contribution in [2.75, 3.05) is 11.5 Å². The van der Waals surface area contributed by atoms with E-state index in [1.165, 1.54) is 12.8 Å². The molecule has 190 valence electrons. The smallest absolute Gasteiger partial charge is 0.253 e. The lowest BCUT2D eigenvalue weighted by atomic mass is 9.94. The van der Waals surface area contributed by atoms with Gasteiger partial charge in [-0.25, -0.2) is 0 Å². The van der Waals surface area contributed by atoms with Crippen LogP contribution in [-0.4, -0.2) is 60.9 Å². The summed E-state index contributed by atoms with van der Waals surface area (Å²) in [6, 6.07) is 6.92. The van der Waals surface area contributed by atoms with Crippen molar-refractivity contribution in [3.63, 3.8) is 0 Å². The number of nitrogens with one attached hydrogen (secondary N) is 1. The lowest BCUT2D eigenvalue weighted by Gasteiger charge is -2.37. The number of ether oxygens (including phenoxy) is 4. The second-order valence-corrected chi connectivity index (χ2v) is 10.8. The van der Waals surface area contributed by atoms with Crippen LogP contribution < -0.4 is 10.2 Å². The molecule has 1 aromatic carbocycles. The number of nitrogens with zero attached hydrogens (tertiary/aromatic N) is 1. The van der Waals surface area contributed by atoms with Gasteiger partial charge in [0.05, 0.1) is 0 Å². The maximum Gasteiger partial charge on any atom is 0.253 e. The maximum atomic E-state index is 13.9. The second kappa shape index (κ2) is 9.47. The predicted octanol–water partition coefficient (Wildman–Crippen LogP) is 3.35. The van der Waals surface area contributed by atoms with E-state index in [4.69, 9.17) is 18.9 Å². The highest BCUT2D eigenvalue weighted by molar-refractivity contribution is 6.02. The summed E-state index contributed by atoms with van der Waals surface area (Å²) in [7, 11) is 0. The summed E-state index contributed by atoms with van der Waals surface area (Å²) < 4.78 is 25.4. The Morgan fingerprint density at radius 1 is 0.943 bits per heavy atom. The van der Waals surface area contributed by atoms with Gasteiger partial charge in [-0.1, -0.05) is 43.4 Å². The van der Waals surface area contributed by atoms with Gasteiger partial charge in [0.1, 0.15) is 31.0 Å². The van der Waals surface area contributed by atoms with Gasteiger partial charge in [-0.3, -0.25) is 14.5 Å². The molecule has 0 unspecified atom stereocenters. The minimum absolute atomic E-state index is 0.118. The standard InChI is InChI=1S/C27H36N2O6/c1-17-10-12-19(13-11-17)29-20(30)16-32-23-22(21(29)25(31)28-18-8-4-2-5-9-18)33-26-24(23)34-27(35-26)14-6-3-7-15-27/h10-13,18,21-24,26H,2-9,14-16H2,1H3,(H,28,31)/t21-,22-,23+,24-,26-/m1/s1. The molecule has 5 aliphatic rings. The monoisotopic (exact) mass is 484 g/mol. The van der Waals surface area contributed by atoms with E-state index in [-0.39, 0.29) is 24.5 Å². The summed E-state index contributed by atoms with van der Waals surface area (Å²) >= 11 is 0. The predicted molar refractivity (Wildman–Crippen MR) is 128 cm³/mol. The first-order valence-electron chi connectivity index (χ1n) is 13.3. The molecular weight excluding hydrogens is 448 g/mol. The van der Waals surface area contributed by atoms with Gasteiger partial charge in [0.25, 0.3) is 5.91 Å². The Balaban J connectivity index is 1.31. The number of carbonyl (C=O) groups excluding carboxylic acids is 2. The molecule has 3 aliphatic heterocycles. The molecule has 1 N–H and O–H groups in total. The van der Waals surface area contributed by atoms with Gasteiger partial charge in [0.15, 0.2) is 12.1 Å². The van der Waals surface area contributed by atoms with Gasteiger partial charge in [0.2, 0.25) is 5.91 Å². The fourth-order valence-corrected chi connectivity index (χ4v) is 6.48. The molecule has 1 aromatic rings. The van der Waals surface area contributed by atoms with Gasteiger partial charge in [-0.15, -0.1) is 0 Å². The second-order valence-electron chi connectivity index (χ2n) is 10.8. The van der Waals surface area contributed by atoms with Crippen molar-refractivity contribution in [1.29, 1.82) is 0 Å². The first-order chi connectivity index (χ1) is 17.0. The molecule has 0 aromatic heterocycles. The SMILES string of the molecule is Cc1ccc(N2C(=O)CO[C@@H]3[C@H]4OC5(CCCCC5)O[C@H]4O[C@@H]3[C@@H]2C(=O)NC2CCCCC2)cc1. The molecular formula is C27H36N2O6. The Morgan fingerprint density at radius 2 is 1.66 bits per heavy atom. The van der Waals surface area contributed by atoms with Crippen LogP contribution in [0, 0.1) is 6.92 Å². The first kappa shape index (κ1) is 23.4. The minimum Gasteiger partial charge on any atom is -0.363 e. The van der Waals surface area contributed by atoms with Gasteiger partial charge < -0.3 is 24.3 Å². The Morgan fingerprint density at radius 3 is 2.40 bits per heavy atom. The Labute approximate surface area is 206 Å². The van der Waals surface area contributed by atoms with E-state index >= 15 is 0 Å². The zero-order valence-electron chi connectivity index (χ0n) is 20.4. The number of aryl methyl sites for hydroxylation is 1. The highest BCUT2D eigenvalue weighted by Gasteiger charge is 2.62. The van der Waals surface area contributed by atoms with E-state index in [9.17, 15) is 9.59 Å². The number of hydrogen-bond donors (Lipinski definition) is 1. The molecule has 6 rings (SSSR count). The molecule has 3 heterocycles. The lowest BCUT2D eigenvalue weighted by Crippen LogP contribution is -2.59. The van der Waals surface area contributed by atoms with Crippen molar-refractivity contribution in [2.45, 2.75) is 114 Å². The summed E-state index contributed by atoms with van der Waals surface area (Å²) in [6.45, 7) is 1.86. The van der Waals surface area contributed by atoms with Gasteiger partial charge in [0, 0.05) is 24.6 Å². The molecule has 5 atom stereocenters. The molecule has 0 radical (unpaired) electrons. The van der Waals surface area contributed by atoms with Crippen LogP contribution in [-0.2, 0) is 28.5 Å². The van der Waals surface area contributed by atoms with Crippen LogP contribution in [0.15, 0.2) is 24.3 Å². The number of rotatable bonds is 3. The van der Waals surface area contributed by atoms with Gasteiger partial charge >= 0.3 is 0 Å². The highest BCUT2D eigenvalue weighted by atomic mass is 16.8. The Bertz CT molecular complexity index is 939. The van der Waals surface area contributed by atoms with Crippen LogP contribution in [0.25, 0.3) is 0 Å². The third kappa shape index (κ3) is 4.39. The molecule has 2 aliphatic carbocycles. The lowest BCUT2D eigenvalue weighted by molar-refractivity contribution is -0.248. The zero-order chi connectivity index (χ0) is 24.0. The third-order valence-corrected chi connectivity index (χ3v) is 8.29. The molecule has 2 amide bonds. The van der Waals surface area contributed by atoms with E-state index in [0.717, 1.165) is 56.9 Å². The van der Waals surface area contributed by atoms with Crippen LogP contribution >= 0.6 is 0 Å². The topological polar surface area (TPSA) is 86.3 Å². The van der Waals surface area contributed by atoms with E-state index in [1.807, 2.05) is 31.2 Å². The van der Waals surface area contributed by atoms with Crippen molar-refractivity contribution >= 4 is 17.5 Å². The number of anilines is 1. The number of fused-ring (bicyclic) bond motifs is 3. The van der Waals surface area contributed by atoms with E-state index in [1.54, 1.807) is 4.90 Å². The molecule has 3 saturated heterocycles. The summed E-state index contributed by atoms with van der Waals surface area (Å²) in [5.41, 5.74) is 1.75. The normalized spacial score (nSPS) is 34.9. The number of hydrogen-bond acceptors (Lipinski definition) is 6. The molecule has 0 bridgehead atoms. The van der Waals surface area contributed by atoms with Crippen molar-refractivity contribution in [2.24, 2.45) is 0 Å². The number of benzene rings is 1. The summed E-state index contributed by atoms with van der Waals surface area (Å²) in [5, 5.41) is 3.23. The van der Waals surface area contributed by atoms with Crippen molar-refractivity contribution in [3.05, 3.63) is 29.8 Å². The molecule has 35 heavy (non-hydrogen) atoms. The van der Waals surface area contributed by atoms with Crippen LogP contribution in [0.5, 0.6) is 0 Å². The molecule has 8 nitrogen and oxygen atoms in total. The maximum absolute atomic E-state index is 13.9. The summed E-state index contributed by atoms with van der Waals surface area (Å²) in [4.78, 5) is 28.8. The summed E-state index contributed by atoms with van der Waals surface area (Å²) in [5.74, 6) is -1.08. The van der Waals surface area contributed by atoms with Crippen molar-refractivity contribution < 1.29 is 28.5 Å². The van der Waals surface area contributed by atoms with Crippen LogP contribution in [0.2, 0.25) is 0 Å². The molecule has 1 spiro atoms. The van der Waals surface area contributed by atoms with Crippen LogP contribution in [0.4, 0.5) is 5.69 Å². The fraction of sp³-hybridized carbons (Fsp3) is 0.704. The van der Waals surface area contributed by atoms with Gasteiger partial charge in [-0.2, -0.15) is 0 Å². The Kier molecular flexibility index (Phi) is 6.33. The van der Waals surface area contributed by atoms with Crippen molar-refractivity contribution in [1.82, 2.24) is 5.32 Å². The zero-order valence-corrected chi connectivity index (χ0v) is 20.4. The van der Waals surface area contributed by atoms with E-state index in [0.29, 0.717) is 5.69 Å². The number of carbonyl (C=O) groups is 2. The average Bonchev–Trinajstić information content (AvgIpc) is 3.31. The largest absolute Gasteiger partial charge is 0.363 e. The highest BCUT2D eigenvalue weighted by Crippen LogP contribution is 2.47. The van der Waals surface area contributed by atoms with Crippen molar-refractivity contribution in [3.8, 4) is 0 Å². The Hall–Kier alpha value is -2.00. The van der Waals surface area contributed by atoms with E-state index in [2.05, 4.69) is 5.32 Å². The fourth-order valence-electron chi connectivity index (χ4n) is 6.48. The molecule has 5 fully saturated rings. The minimum atomic E-state index is -0.861. The molecule has 8 heteroatoms. The van der Waals surface area contributed by atoms with Gasteiger partial charge in [-0.05, 0) is 44.7 Å². The van der Waals surface area contributed by atoms with Crippen LogP contribution in [0.1, 0.15) is 69.8 Å². The summed E-state index contributed by atoms with van der Waals surface area (Å²) in [6.07, 6.45) is 8.01. The first-order valence-corrected chi connectivity index (χ1v) is 13.3. The van der Waals surface area contributed by atoms with E-state index < -0.39 is 36.4 Å².